The second-order valence-electron chi connectivity index (χ2n) is 5.41. The second-order valence-corrected chi connectivity index (χ2v) is 6.93. The molecule has 0 aliphatic heterocycles. The molecule has 10 heteroatoms. The Kier molecular flexibility index (Phi) is 5.59. The van der Waals surface area contributed by atoms with Gasteiger partial charge in [-0.3, -0.25) is 4.28 Å². The van der Waals surface area contributed by atoms with E-state index >= 15 is 0 Å². The normalized spacial score (nSPS) is 12.3. The molecule has 0 aliphatic carbocycles. The van der Waals surface area contributed by atoms with Gasteiger partial charge in [-0.1, -0.05) is 29.9 Å². The van der Waals surface area contributed by atoms with Crippen LogP contribution in [0.25, 0.3) is 17.2 Å². The Labute approximate surface area is 152 Å². The fourth-order valence-electron chi connectivity index (χ4n) is 2.36. The van der Waals surface area contributed by atoms with Crippen LogP contribution in [0, 0.1) is 12.7 Å². The van der Waals surface area contributed by atoms with E-state index in [0.29, 0.717) is 11.1 Å². The van der Waals surface area contributed by atoms with Crippen LogP contribution in [0.3, 0.4) is 0 Å². The molecule has 0 aromatic heterocycles. The molecule has 0 amide bonds. The van der Waals surface area contributed by atoms with Gasteiger partial charge < -0.3 is 5.73 Å². The van der Waals surface area contributed by atoms with Gasteiger partial charge in [0.25, 0.3) is 0 Å². The average molecular weight is 402 g/mol. The predicted octanol–water partition coefficient (Wildman–Crippen LogP) is 4.23. The number of hydrogen-bond donors (Lipinski definition) is 1. The lowest BCUT2D eigenvalue weighted by Crippen LogP contribution is -2.23. The van der Waals surface area contributed by atoms with Gasteiger partial charge >= 0.3 is 15.6 Å². The average Bonchev–Trinajstić information content (AvgIpc) is 2.53. The van der Waals surface area contributed by atoms with Gasteiger partial charge in [0.05, 0.1) is 6.21 Å². The standard InChI is InChI=1S/C17H14F4N2O3S/c1-3-13-12(9-23-26-27(24,25)17(19,20)21)7-11(8-15(13)22)16-10(2)5-4-6-14(16)18/h3-9H,1,22H2,2H3/b23-9-. The molecule has 2 aromatic rings. The number of benzene rings is 2. The summed E-state index contributed by atoms with van der Waals surface area (Å²) in [5.41, 5.74) is 1.96. The minimum Gasteiger partial charge on any atom is -0.398 e. The molecule has 0 aliphatic rings. The molecule has 0 bridgehead atoms. The molecule has 0 spiro atoms. The van der Waals surface area contributed by atoms with Gasteiger partial charge in [0.2, 0.25) is 0 Å². The van der Waals surface area contributed by atoms with Crippen molar-refractivity contribution in [2.75, 3.05) is 5.73 Å². The molecular formula is C17H14F4N2O3S. The van der Waals surface area contributed by atoms with Crippen LogP contribution < -0.4 is 5.73 Å². The highest BCUT2D eigenvalue weighted by Crippen LogP contribution is 2.31. The van der Waals surface area contributed by atoms with E-state index in [1.807, 2.05) is 0 Å². The van der Waals surface area contributed by atoms with Crippen molar-refractivity contribution in [1.82, 2.24) is 0 Å². The summed E-state index contributed by atoms with van der Waals surface area (Å²) in [5.74, 6) is -0.528. The smallest absolute Gasteiger partial charge is 0.398 e. The Morgan fingerprint density at radius 1 is 1.26 bits per heavy atom. The van der Waals surface area contributed by atoms with E-state index in [0.717, 1.165) is 6.21 Å². The van der Waals surface area contributed by atoms with E-state index in [4.69, 9.17) is 5.73 Å². The van der Waals surface area contributed by atoms with E-state index in [1.165, 1.54) is 30.3 Å². The van der Waals surface area contributed by atoms with Crippen LogP contribution in [0.1, 0.15) is 16.7 Å². The lowest BCUT2D eigenvalue weighted by Gasteiger charge is -2.12. The number of rotatable bonds is 5. The molecule has 144 valence electrons. The van der Waals surface area contributed by atoms with Crippen LogP contribution in [-0.4, -0.2) is 20.1 Å². The summed E-state index contributed by atoms with van der Waals surface area (Å²) >= 11 is 0. The van der Waals surface area contributed by atoms with Crippen molar-refractivity contribution in [3.63, 3.8) is 0 Å². The molecule has 2 aromatic carbocycles. The van der Waals surface area contributed by atoms with Crippen LogP contribution in [0.15, 0.2) is 42.1 Å². The van der Waals surface area contributed by atoms with Gasteiger partial charge in [-0.2, -0.15) is 21.6 Å². The van der Waals surface area contributed by atoms with Crippen molar-refractivity contribution < 1.29 is 30.3 Å². The van der Waals surface area contributed by atoms with E-state index in [2.05, 4.69) is 16.0 Å². The molecule has 0 heterocycles. The van der Waals surface area contributed by atoms with Crippen LogP contribution in [0.4, 0.5) is 23.2 Å². The Bertz CT molecular complexity index is 995. The molecule has 0 atom stereocenters. The van der Waals surface area contributed by atoms with Gasteiger partial charge in [-0.25, -0.2) is 4.39 Å². The maximum absolute atomic E-state index is 14.2. The number of nitrogen functional groups attached to an aromatic ring is 1. The van der Waals surface area contributed by atoms with E-state index < -0.39 is 21.4 Å². The Balaban J connectivity index is 2.52. The maximum atomic E-state index is 14.2. The largest absolute Gasteiger partial charge is 0.536 e. The first-order chi connectivity index (χ1) is 12.5. The zero-order valence-corrected chi connectivity index (χ0v) is 14.7. The number of nitrogens with two attached hydrogens (primary N) is 1. The van der Waals surface area contributed by atoms with Crippen LogP contribution in [0.2, 0.25) is 0 Å². The minimum atomic E-state index is -5.89. The summed E-state index contributed by atoms with van der Waals surface area (Å²) in [4.78, 5) is 0. The van der Waals surface area contributed by atoms with E-state index in [-0.39, 0.29) is 22.4 Å². The number of alkyl halides is 3. The Morgan fingerprint density at radius 3 is 2.48 bits per heavy atom. The summed E-state index contributed by atoms with van der Waals surface area (Å²) < 4.78 is 76.4. The molecular weight excluding hydrogens is 388 g/mol. The van der Waals surface area contributed by atoms with Crippen molar-refractivity contribution in [3.8, 4) is 11.1 Å². The third-order valence-corrected chi connectivity index (χ3v) is 4.42. The number of halogens is 4. The van der Waals surface area contributed by atoms with Crippen LogP contribution >= 0.6 is 0 Å². The van der Waals surface area contributed by atoms with Crippen LogP contribution in [-0.2, 0) is 14.4 Å². The molecule has 0 unspecified atom stereocenters. The first kappa shape index (κ1) is 20.4. The van der Waals surface area contributed by atoms with Crippen molar-refractivity contribution in [2.24, 2.45) is 5.16 Å². The number of hydrogen-bond acceptors (Lipinski definition) is 5. The summed E-state index contributed by atoms with van der Waals surface area (Å²) in [6.07, 6.45) is 2.03. The zero-order chi connectivity index (χ0) is 20.4. The molecule has 0 radical (unpaired) electrons. The fourth-order valence-corrected chi connectivity index (χ4v) is 2.60. The summed E-state index contributed by atoms with van der Waals surface area (Å²) in [7, 11) is -5.89. The fraction of sp³-hybridized carbons (Fsp3) is 0.118. The topological polar surface area (TPSA) is 81.8 Å². The van der Waals surface area contributed by atoms with Crippen LogP contribution in [0.5, 0.6) is 0 Å². The second kappa shape index (κ2) is 7.39. The van der Waals surface area contributed by atoms with E-state index in [9.17, 15) is 26.0 Å². The maximum Gasteiger partial charge on any atom is 0.536 e. The minimum absolute atomic E-state index is 0.0972. The van der Waals surface area contributed by atoms with Gasteiger partial charge in [-0.15, -0.1) is 0 Å². The molecule has 5 nitrogen and oxygen atoms in total. The summed E-state index contributed by atoms with van der Waals surface area (Å²) in [6, 6.07) is 7.28. The van der Waals surface area contributed by atoms with Gasteiger partial charge in [0, 0.05) is 22.4 Å². The highest BCUT2D eigenvalue weighted by atomic mass is 32.2. The first-order valence-electron chi connectivity index (χ1n) is 7.32. The van der Waals surface area contributed by atoms with Crippen molar-refractivity contribution in [3.05, 3.63) is 59.4 Å². The van der Waals surface area contributed by atoms with E-state index in [1.54, 1.807) is 13.0 Å². The monoisotopic (exact) mass is 402 g/mol. The molecule has 2 N–H and O–H groups in total. The molecule has 0 fully saturated rings. The number of oxime groups is 1. The number of anilines is 1. The molecule has 2 rings (SSSR count). The first-order valence-corrected chi connectivity index (χ1v) is 8.73. The summed E-state index contributed by atoms with van der Waals surface area (Å²) in [6.45, 7) is 5.20. The highest BCUT2D eigenvalue weighted by molar-refractivity contribution is 7.87. The van der Waals surface area contributed by atoms with Crippen molar-refractivity contribution in [2.45, 2.75) is 12.4 Å². The lowest BCUT2D eigenvalue weighted by molar-refractivity contribution is -0.0540. The Morgan fingerprint density at radius 2 is 1.93 bits per heavy atom. The van der Waals surface area contributed by atoms with Crippen molar-refractivity contribution >= 4 is 28.1 Å². The SMILES string of the molecule is C=Cc1c(N)cc(-c2c(C)cccc2F)cc1/C=N\OS(=O)(=O)C(F)(F)F. The zero-order valence-electron chi connectivity index (χ0n) is 13.9. The van der Waals surface area contributed by atoms with Crippen molar-refractivity contribution in [1.29, 1.82) is 0 Å². The third-order valence-electron chi connectivity index (χ3n) is 3.58. The number of aryl methyl sites for hydroxylation is 1. The van der Waals surface area contributed by atoms with Gasteiger partial charge in [0.15, 0.2) is 0 Å². The molecule has 27 heavy (non-hydrogen) atoms. The third kappa shape index (κ3) is 4.27. The predicted molar refractivity (Wildman–Crippen MR) is 94.7 cm³/mol. The Hall–Kier alpha value is -2.88. The highest BCUT2D eigenvalue weighted by Gasteiger charge is 2.48. The quantitative estimate of drug-likeness (QED) is 0.267. The lowest BCUT2D eigenvalue weighted by atomic mass is 9.95. The molecule has 0 saturated carbocycles. The van der Waals surface area contributed by atoms with Gasteiger partial charge in [-0.05, 0) is 36.2 Å². The van der Waals surface area contributed by atoms with Gasteiger partial charge in [0.1, 0.15) is 5.82 Å². The summed E-state index contributed by atoms with van der Waals surface area (Å²) in [5, 5.41) is 2.88. The molecule has 0 saturated heterocycles. The number of nitrogens with zero attached hydrogens (tertiary/aromatic N) is 1.